The molecule has 25 heavy (non-hydrogen) atoms. The highest BCUT2D eigenvalue weighted by molar-refractivity contribution is 6.14. The third-order valence-corrected chi connectivity index (χ3v) is 4.11. The molecule has 1 heterocycles. The van der Waals surface area contributed by atoms with Crippen LogP contribution in [-0.2, 0) is 11.2 Å². The molecule has 2 aromatic rings. The molecule has 0 saturated carbocycles. The van der Waals surface area contributed by atoms with Gasteiger partial charge in [0, 0.05) is 6.42 Å². The van der Waals surface area contributed by atoms with Crippen molar-refractivity contribution in [2.45, 2.75) is 26.7 Å². The van der Waals surface area contributed by atoms with Crippen LogP contribution in [0.1, 0.15) is 30.0 Å². The predicted molar refractivity (Wildman–Crippen MR) is 101 cm³/mol. The molecule has 128 valence electrons. The number of hydrogen-bond donors (Lipinski definition) is 1. The minimum absolute atomic E-state index is 0.151. The van der Waals surface area contributed by atoms with Gasteiger partial charge in [0.15, 0.2) is 0 Å². The summed E-state index contributed by atoms with van der Waals surface area (Å²) >= 11 is 0. The number of carbonyl (C=O) groups excluding carboxylic acids is 1. The number of ether oxygens (including phenoxy) is 1. The Hall–Kier alpha value is -2.88. The molecule has 1 N–H and O–H groups in total. The summed E-state index contributed by atoms with van der Waals surface area (Å²) < 4.78 is 5.49. The van der Waals surface area contributed by atoms with Crippen LogP contribution >= 0.6 is 0 Å². The van der Waals surface area contributed by atoms with E-state index in [2.05, 4.69) is 29.4 Å². The van der Waals surface area contributed by atoms with Crippen molar-refractivity contribution in [3.8, 4) is 5.75 Å². The molecular formula is C21H22N2O2. The molecule has 0 unspecified atom stereocenters. The monoisotopic (exact) mass is 334 g/mol. The molecule has 1 aliphatic heterocycles. The average Bonchev–Trinajstić information content (AvgIpc) is 2.94. The molecule has 4 heteroatoms. The van der Waals surface area contributed by atoms with Crippen molar-refractivity contribution in [2.24, 2.45) is 4.99 Å². The zero-order valence-corrected chi connectivity index (χ0v) is 14.6. The van der Waals surface area contributed by atoms with Crippen molar-refractivity contribution >= 4 is 17.8 Å². The fourth-order valence-corrected chi connectivity index (χ4v) is 2.80. The Kier molecular flexibility index (Phi) is 5.29. The molecule has 4 nitrogen and oxygen atoms in total. The van der Waals surface area contributed by atoms with Gasteiger partial charge in [0.25, 0.3) is 5.91 Å². The van der Waals surface area contributed by atoms with Crippen LogP contribution in [0.5, 0.6) is 5.75 Å². The number of hydrogen-bond acceptors (Lipinski definition) is 3. The molecule has 0 aromatic heterocycles. The third kappa shape index (κ3) is 4.35. The van der Waals surface area contributed by atoms with E-state index in [1.165, 1.54) is 11.1 Å². The summed E-state index contributed by atoms with van der Waals surface area (Å²) in [6, 6.07) is 15.9. The maximum absolute atomic E-state index is 12.2. The summed E-state index contributed by atoms with van der Waals surface area (Å²) in [5, 5.41) is 2.87. The van der Waals surface area contributed by atoms with E-state index in [9.17, 15) is 4.79 Å². The molecule has 0 atom stereocenters. The van der Waals surface area contributed by atoms with Gasteiger partial charge in [0.1, 0.15) is 17.3 Å². The van der Waals surface area contributed by atoms with Gasteiger partial charge in [-0.15, -0.1) is 0 Å². The van der Waals surface area contributed by atoms with E-state index in [1.807, 2.05) is 43.3 Å². The van der Waals surface area contributed by atoms with Gasteiger partial charge in [-0.05, 0) is 55.2 Å². The van der Waals surface area contributed by atoms with Crippen molar-refractivity contribution in [1.29, 1.82) is 0 Å². The molecule has 2 aromatic carbocycles. The van der Waals surface area contributed by atoms with E-state index >= 15 is 0 Å². The largest absolute Gasteiger partial charge is 0.494 e. The minimum Gasteiger partial charge on any atom is -0.494 e. The summed E-state index contributed by atoms with van der Waals surface area (Å²) in [5.41, 5.74) is 3.88. The molecule has 0 saturated heterocycles. The van der Waals surface area contributed by atoms with E-state index in [0.29, 0.717) is 18.7 Å². The normalized spacial score (nSPS) is 15.2. The molecule has 1 aliphatic rings. The van der Waals surface area contributed by atoms with Crippen molar-refractivity contribution in [3.63, 3.8) is 0 Å². The van der Waals surface area contributed by atoms with Gasteiger partial charge < -0.3 is 10.1 Å². The highest BCUT2D eigenvalue weighted by Gasteiger charge is 2.19. The maximum atomic E-state index is 12.2. The predicted octanol–water partition coefficient (Wildman–Crippen LogP) is 3.90. The first kappa shape index (κ1) is 17.0. The van der Waals surface area contributed by atoms with E-state index < -0.39 is 0 Å². The second-order valence-corrected chi connectivity index (χ2v) is 5.97. The first-order chi connectivity index (χ1) is 12.2. The molecule has 0 radical (unpaired) electrons. The van der Waals surface area contributed by atoms with Crippen LogP contribution in [0.15, 0.2) is 59.2 Å². The fraction of sp³-hybridized carbons (Fsp3) is 0.238. The SMILES string of the molecule is CCOc1cccc(/C=C2/N=C(CCc3ccccc3C)NC2=O)c1. The van der Waals surface area contributed by atoms with Crippen LogP contribution in [0.4, 0.5) is 0 Å². The lowest BCUT2D eigenvalue weighted by Crippen LogP contribution is -2.24. The minimum atomic E-state index is -0.151. The smallest absolute Gasteiger partial charge is 0.275 e. The van der Waals surface area contributed by atoms with Crippen molar-refractivity contribution in [1.82, 2.24) is 5.32 Å². The lowest BCUT2D eigenvalue weighted by molar-refractivity contribution is -0.115. The van der Waals surface area contributed by atoms with Crippen molar-refractivity contribution < 1.29 is 9.53 Å². The van der Waals surface area contributed by atoms with Crippen LogP contribution in [0.25, 0.3) is 6.08 Å². The number of carbonyl (C=O) groups is 1. The summed E-state index contributed by atoms with van der Waals surface area (Å²) in [4.78, 5) is 16.6. The summed E-state index contributed by atoms with van der Waals surface area (Å²) in [5.74, 6) is 1.36. The highest BCUT2D eigenvalue weighted by atomic mass is 16.5. The van der Waals surface area contributed by atoms with Gasteiger partial charge in [-0.3, -0.25) is 4.79 Å². The average molecular weight is 334 g/mol. The van der Waals surface area contributed by atoms with Gasteiger partial charge in [0.2, 0.25) is 0 Å². The fourth-order valence-electron chi connectivity index (χ4n) is 2.80. The molecule has 0 bridgehead atoms. The van der Waals surface area contributed by atoms with Crippen molar-refractivity contribution in [3.05, 3.63) is 70.9 Å². The lowest BCUT2D eigenvalue weighted by atomic mass is 10.0. The Balaban J connectivity index is 1.71. The maximum Gasteiger partial charge on any atom is 0.275 e. The highest BCUT2D eigenvalue weighted by Crippen LogP contribution is 2.19. The lowest BCUT2D eigenvalue weighted by Gasteiger charge is -2.04. The summed E-state index contributed by atoms with van der Waals surface area (Å²) in [6.07, 6.45) is 3.37. The topological polar surface area (TPSA) is 50.7 Å². The molecule has 1 amide bonds. The van der Waals surface area contributed by atoms with E-state index in [0.717, 1.165) is 23.6 Å². The van der Waals surface area contributed by atoms with Gasteiger partial charge in [-0.25, -0.2) is 4.99 Å². The molecule has 0 fully saturated rings. The second-order valence-electron chi connectivity index (χ2n) is 5.97. The molecule has 0 spiro atoms. The number of amides is 1. The first-order valence-corrected chi connectivity index (χ1v) is 8.53. The first-order valence-electron chi connectivity index (χ1n) is 8.53. The number of benzene rings is 2. The van der Waals surface area contributed by atoms with E-state index in [-0.39, 0.29) is 5.91 Å². The number of aryl methyl sites for hydroxylation is 2. The zero-order valence-electron chi connectivity index (χ0n) is 14.6. The Morgan fingerprint density at radius 2 is 1.96 bits per heavy atom. The van der Waals surface area contributed by atoms with Gasteiger partial charge >= 0.3 is 0 Å². The van der Waals surface area contributed by atoms with Crippen molar-refractivity contribution in [2.75, 3.05) is 6.61 Å². The second kappa shape index (κ2) is 7.79. The number of aliphatic imine (C=N–C) groups is 1. The van der Waals surface area contributed by atoms with Crippen LogP contribution in [-0.4, -0.2) is 18.3 Å². The van der Waals surface area contributed by atoms with E-state index in [4.69, 9.17) is 4.74 Å². The van der Waals surface area contributed by atoms with Gasteiger partial charge in [0.05, 0.1) is 6.61 Å². The quantitative estimate of drug-likeness (QED) is 0.815. The Bertz CT molecular complexity index is 837. The number of nitrogens with zero attached hydrogens (tertiary/aromatic N) is 1. The Labute approximate surface area is 148 Å². The van der Waals surface area contributed by atoms with Crippen LogP contribution in [0.3, 0.4) is 0 Å². The number of nitrogens with one attached hydrogen (secondary N) is 1. The number of rotatable bonds is 6. The van der Waals surface area contributed by atoms with Gasteiger partial charge in [-0.2, -0.15) is 0 Å². The van der Waals surface area contributed by atoms with Crippen LogP contribution in [0, 0.1) is 6.92 Å². The Morgan fingerprint density at radius 3 is 2.76 bits per heavy atom. The third-order valence-electron chi connectivity index (χ3n) is 4.11. The molecule has 3 rings (SSSR count). The van der Waals surface area contributed by atoms with Crippen LogP contribution in [0.2, 0.25) is 0 Å². The molecular weight excluding hydrogens is 312 g/mol. The summed E-state index contributed by atoms with van der Waals surface area (Å²) in [6.45, 7) is 4.66. The Morgan fingerprint density at radius 1 is 1.12 bits per heavy atom. The van der Waals surface area contributed by atoms with Crippen LogP contribution < -0.4 is 10.1 Å². The summed E-state index contributed by atoms with van der Waals surface area (Å²) in [7, 11) is 0. The van der Waals surface area contributed by atoms with Gasteiger partial charge in [-0.1, -0.05) is 36.4 Å². The standard InChI is InChI=1S/C21H22N2O2/c1-3-25-18-10-6-8-16(13-18)14-19-21(24)23-20(22-19)12-11-17-9-5-4-7-15(17)2/h4-10,13-14H,3,11-12H2,1-2H3,(H,22,23,24)/b19-14+. The number of amidine groups is 1. The molecule has 0 aliphatic carbocycles. The zero-order chi connectivity index (χ0) is 17.6. The van der Waals surface area contributed by atoms with E-state index in [1.54, 1.807) is 6.08 Å².